The van der Waals surface area contributed by atoms with Gasteiger partial charge in [0.25, 0.3) is 0 Å². The molecule has 14 heteroatoms. The number of hydrogen-bond acceptors (Lipinski definition) is 10. The Balaban J connectivity index is 0. The van der Waals surface area contributed by atoms with E-state index in [4.69, 9.17) is 14.8 Å². The number of rotatable bonds is 10. The Hall–Kier alpha value is -0.0900. The zero-order valence-corrected chi connectivity index (χ0v) is 20.1. The molecule has 4 N–H and O–H groups in total. The Morgan fingerprint density at radius 1 is 1.07 bits per heavy atom. The molecule has 0 bridgehead atoms. The van der Waals surface area contributed by atoms with Crippen molar-refractivity contribution in [2.24, 2.45) is 0 Å². The summed E-state index contributed by atoms with van der Waals surface area (Å²) >= 11 is 0. The molecule has 0 saturated carbocycles. The minimum atomic E-state index is -4.85. The van der Waals surface area contributed by atoms with Crippen LogP contribution in [0.15, 0.2) is 6.07 Å². The Morgan fingerprint density at radius 2 is 1.64 bits per heavy atom. The molecule has 0 aliphatic carbocycles. The number of aromatic carboxylic acids is 2. The molecule has 0 aliphatic heterocycles. The van der Waals surface area contributed by atoms with Gasteiger partial charge in [-0.05, 0) is 35.6 Å². The predicted octanol–water partition coefficient (Wildman–Crippen LogP) is -9.66. The van der Waals surface area contributed by atoms with Crippen molar-refractivity contribution >= 4 is 22.3 Å². The normalized spacial score (nSPS) is 11.9. The van der Waals surface area contributed by atoms with Crippen molar-refractivity contribution in [2.45, 2.75) is 18.9 Å². The van der Waals surface area contributed by atoms with Gasteiger partial charge in [-0.2, -0.15) is 8.42 Å². The van der Waals surface area contributed by atoms with Gasteiger partial charge < -0.3 is 35.1 Å². The monoisotopic (exact) mass is 438 g/mol. The van der Waals surface area contributed by atoms with E-state index in [1.165, 1.54) is 0 Å². The second kappa shape index (κ2) is 13.3. The summed E-state index contributed by atoms with van der Waals surface area (Å²) in [5.74, 6) is -3.69. The van der Waals surface area contributed by atoms with Gasteiger partial charge in [-0.3, -0.25) is 4.55 Å². The van der Waals surface area contributed by atoms with E-state index in [-0.39, 0.29) is 76.7 Å². The minimum absolute atomic E-state index is 0. The average Bonchev–Trinajstić information content (AvgIpc) is 2.52. The Labute approximate surface area is 204 Å². The zero-order chi connectivity index (χ0) is 20.1. The molecule has 28 heavy (non-hydrogen) atoms. The maximum Gasteiger partial charge on any atom is 1.00 e. The molecule has 1 unspecified atom stereocenters. The maximum atomic E-state index is 11.6. The molecule has 1 atom stereocenters. The van der Waals surface area contributed by atoms with Crippen molar-refractivity contribution < 1.29 is 111 Å². The second-order valence-electron chi connectivity index (χ2n) is 5.09. The third-order valence-corrected chi connectivity index (χ3v) is 3.94. The topological polar surface area (TPSA) is 205 Å². The summed E-state index contributed by atoms with van der Waals surface area (Å²) in [5.41, 5.74) is -2.30. The van der Waals surface area contributed by atoms with Gasteiger partial charge in [0.1, 0.15) is 6.10 Å². The van der Waals surface area contributed by atoms with Crippen LogP contribution in [0.25, 0.3) is 0 Å². The van der Waals surface area contributed by atoms with E-state index in [2.05, 4.69) is 4.18 Å². The van der Waals surface area contributed by atoms with Crippen LogP contribution in [-0.4, -0.2) is 60.0 Å². The minimum Gasteiger partial charge on any atom is -0.545 e. The zero-order valence-electron chi connectivity index (χ0n) is 15.2. The molecular weight excluding hydrogens is 422 g/mol. The van der Waals surface area contributed by atoms with Crippen molar-refractivity contribution in [1.82, 2.24) is 0 Å². The first-order chi connectivity index (χ1) is 12.0. The number of benzene rings is 1. The van der Waals surface area contributed by atoms with Gasteiger partial charge in [-0.1, -0.05) is 0 Å². The van der Waals surface area contributed by atoms with E-state index in [0.717, 1.165) is 6.07 Å². The van der Waals surface area contributed by atoms with E-state index in [1.807, 2.05) is 0 Å². The molecule has 0 saturated heterocycles. The summed E-state index contributed by atoms with van der Waals surface area (Å²) in [4.78, 5) is 22.9. The van der Waals surface area contributed by atoms with Gasteiger partial charge in [0.05, 0.1) is 25.2 Å². The molecule has 1 rings (SSSR count). The fourth-order valence-corrected chi connectivity index (χ4v) is 2.80. The molecule has 1 aromatic carbocycles. The SMILES string of the molecule is O=C([O-])c1cc(C(O)CO)c(CCO)c(C(=O)[O-])c1CCOS(=O)(=O)O.[Na+].[Na+]. The first-order valence-corrected chi connectivity index (χ1v) is 8.52. The van der Waals surface area contributed by atoms with Crippen molar-refractivity contribution in [3.63, 3.8) is 0 Å². The predicted molar refractivity (Wildman–Crippen MR) is 79.1 cm³/mol. The molecule has 0 heterocycles. The summed E-state index contributed by atoms with van der Waals surface area (Å²) in [7, 11) is -4.85. The fraction of sp³-hybridized carbons (Fsp3) is 0.429. The van der Waals surface area contributed by atoms with Gasteiger partial charge in [-0.15, -0.1) is 0 Å². The maximum absolute atomic E-state index is 11.6. The number of carboxylic acids is 2. The molecule has 0 radical (unpaired) electrons. The van der Waals surface area contributed by atoms with Crippen LogP contribution in [0.5, 0.6) is 0 Å². The summed E-state index contributed by atoms with van der Waals surface area (Å²) in [6.45, 7) is -2.22. The quantitative estimate of drug-likeness (QED) is 0.199. The van der Waals surface area contributed by atoms with E-state index < -0.39 is 71.4 Å². The molecule has 0 aliphatic rings. The van der Waals surface area contributed by atoms with Gasteiger partial charge in [0, 0.05) is 17.7 Å². The molecule has 0 spiro atoms. The van der Waals surface area contributed by atoms with E-state index in [9.17, 15) is 33.3 Å². The van der Waals surface area contributed by atoms with Crippen LogP contribution >= 0.6 is 0 Å². The number of hydrogen-bond donors (Lipinski definition) is 4. The summed E-state index contributed by atoms with van der Waals surface area (Å²) in [5, 5.41) is 51.0. The summed E-state index contributed by atoms with van der Waals surface area (Å²) in [6, 6.07) is 0.858. The molecule has 146 valence electrons. The van der Waals surface area contributed by atoms with Gasteiger partial charge in [0.2, 0.25) is 0 Å². The summed E-state index contributed by atoms with van der Waals surface area (Å²) < 4.78 is 33.8. The van der Waals surface area contributed by atoms with Crippen LogP contribution in [0.1, 0.15) is 43.5 Å². The van der Waals surface area contributed by atoms with E-state index >= 15 is 0 Å². The largest absolute Gasteiger partial charge is 1.00 e. The molecule has 1 aromatic rings. The average molecular weight is 438 g/mol. The molecule has 0 aromatic heterocycles. The first-order valence-electron chi connectivity index (χ1n) is 7.16. The van der Waals surface area contributed by atoms with E-state index in [1.54, 1.807) is 0 Å². The fourth-order valence-electron chi connectivity index (χ4n) is 2.50. The van der Waals surface area contributed by atoms with Crippen LogP contribution in [0.2, 0.25) is 0 Å². The van der Waals surface area contributed by atoms with Crippen LogP contribution in [-0.2, 0) is 27.4 Å². The molecule has 0 amide bonds. The van der Waals surface area contributed by atoms with Crippen molar-refractivity contribution in [3.05, 3.63) is 33.9 Å². The third kappa shape index (κ3) is 8.34. The number of aliphatic hydroxyl groups excluding tert-OH is 3. The second-order valence-corrected chi connectivity index (χ2v) is 6.18. The number of carbonyl (C=O) groups excluding carboxylic acids is 2. The van der Waals surface area contributed by atoms with E-state index in [0.29, 0.717) is 0 Å². The van der Waals surface area contributed by atoms with Gasteiger partial charge in [-0.25, -0.2) is 4.18 Å². The van der Waals surface area contributed by atoms with Gasteiger partial charge in [0.15, 0.2) is 0 Å². The molecular formula is C14H16Na2O11S. The first kappa shape index (κ1) is 30.1. The van der Waals surface area contributed by atoms with Crippen molar-refractivity contribution in [3.8, 4) is 0 Å². The number of aliphatic hydroxyl groups is 3. The van der Waals surface area contributed by atoms with Gasteiger partial charge >= 0.3 is 69.5 Å². The van der Waals surface area contributed by atoms with Crippen molar-refractivity contribution in [1.29, 1.82) is 0 Å². The van der Waals surface area contributed by atoms with Crippen LogP contribution in [0, 0.1) is 0 Å². The molecule has 0 fully saturated rings. The smallest absolute Gasteiger partial charge is 0.545 e. The number of carboxylic acid groups (broad SMARTS) is 2. The Bertz CT molecular complexity index is 795. The van der Waals surface area contributed by atoms with Crippen molar-refractivity contribution in [2.75, 3.05) is 19.8 Å². The Morgan fingerprint density at radius 3 is 2.04 bits per heavy atom. The summed E-state index contributed by atoms with van der Waals surface area (Å²) in [6.07, 6.45) is -2.55. The Kier molecular flexibility index (Phi) is 14.3. The van der Waals surface area contributed by atoms with Crippen LogP contribution < -0.4 is 69.3 Å². The van der Waals surface area contributed by atoms with Crippen LogP contribution in [0.3, 0.4) is 0 Å². The van der Waals surface area contributed by atoms with Crippen LogP contribution in [0.4, 0.5) is 0 Å². The molecule has 11 nitrogen and oxygen atoms in total. The third-order valence-electron chi connectivity index (χ3n) is 3.48. The number of carbonyl (C=O) groups is 2. The standard InChI is InChI=1S/C14H18O11S.2Na/c15-3-1-7-9(11(17)6-16)5-10(13(18)19)8(12(7)14(20)21)2-4-25-26(22,23)24;;/h5,11,15-17H,1-4,6H2,(H,18,19)(H,20,21)(H,22,23,24);;/q;2*+1/p-2.